The molecule has 3 aliphatic carbocycles. The average Bonchev–Trinajstić information content (AvgIpc) is 3.03. The zero-order valence-electron chi connectivity index (χ0n) is 20.4. The fourth-order valence-electron chi connectivity index (χ4n) is 6.90. The first-order valence-corrected chi connectivity index (χ1v) is 12.7. The number of fused-ring (bicyclic) bond motifs is 1. The summed E-state index contributed by atoms with van der Waals surface area (Å²) < 4.78 is 0. The van der Waals surface area contributed by atoms with Crippen molar-refractivity contribution in [2.24, 2.45) is 23.2 Å². The fraction of sp³-hybridized carbons (Fsp3) is 0.786. The molecule has 0 aromatic heterocycles. The summed E-state index contributed by atoms with van der Waals surface area (Å²) in [5.41, 5.74) is 3.22. The number of rotatable bonds is 7. The molecule has 3 N–H and O–H groups in total. The van der Waals surface area contributed by atoms with Crippen LogP contribution in [0.5, 0.6) is 0 Å². The Kier molecular flexibility index (Phi) is 7.92. The van der Waals surface area contributed by atoms with Crippen molar-refractivity contribution in [2.45, 2.75) is 116 Å². The minimum atomic E-state index is -0.613. The molecule has 3 fully saturated rings. The molecule has 6 atom stereocenters. The van der Waals surface area contributed by atoms with Gasteiger partial charge in [0.2, 0.25) is 0 Å². The van der Waals surface area contributed by atoms with Gasteiger partial charge in [0.1, 0.15) is 0 Å². The third kappa shape index (κ3) is 5.92. The predicted molar refractivity (Wildman–Crippen MR) is 129 cm³/mol. The lowest BCUT2D eigenvalue weighted by Crippen LogP contribution is -2.36. The van der Waals surface area contributed by atoms with Crippen molar-refractivity contribution in [1.29, 1.82) is 0 Å². The number of unbranched alkanes of at least 4 members (excludes halogenated alkanes) is 1. The minimum absolute atomic E-state index is 0.390. The van der Waals surface area contributed by atoms with E-state index < -0.39 is 17.8 Å². The molecular weight excluding hydrogens is 384 g/mol. The Morgan fingerprint density at radius 1 is 1.19 bits per heavy atom. The van der Waals surface area contributed by atoms with E-state index in [1.165, 1.54) is 44.9 Å². The first-order chi connectivity index (χ1) is 14.5. The van der Waals surface area contributed by atoms with Gasteiger partial charge in [0, 0.05) is 6.42 Å². The van der Waals surface area contributed by atoms with E-state index in [0.29, 0.717) is 24.2 Å². The van der Waals surface area contributed by atoms with Gasteiger partial charge in [-0.2, -0.15) is 0 Å². The topological polar surface area (TPSA) is 60.7 Å². The van der Waals surface area contributed by atoms with Crippen LogP contribution in [0.2, 0.25) is 0 Å². The maximum absolute atomic E-state index is 10.1. The van der Waals surface area contributed by atoms with Crippen molar-refractivity contribution < 1.29 is 15.3 Å². The highest BCUT2D eigenvalue weighted by molar-refractivity contribution is 5.38. The molecule has 0 heterocycles. The molecule has 3 aliphatic rings. The van der Waals surface area contributed by atoms with Crippen LogP contribution in [0.25, 0.3) is 0 Å². The maximum Gasteiger partial charge on any atom is 0.0811 e. The van der Waals surface area contributed by atoms with Gasteiger partial charge >= 0.3 is 0 Å². The van der Waals surface area contributed by atoms with Gasteiger partial charge in [-0.15, -0.1) is 0 Å². The van der Waals surface area contributed by atoms with Crippen LogP contribution in [0.15, 0.2) is 35.5 Å². The molecule has 0 radical (unpaired) electrons. The van der Waals surface area contributed by atoms with Gasteiger partial charge in [-0.05, 0) is 93.1 Å². The highest BCUT2D eigenvalue weighted by Gasteiger charge is 2.50. The third-order valence-corrected chi connectivity index (χ3v) is 8.69. The first kappa shape index (κ1) is 24.7. The van der Waals surface area contributed by atoms with Crippen molar-refractivity contribution in [3.63, 3.8) is 0 Å². The largest absolute Gasteiger partial charge is 0.393 e. The lowest BCUT2D eigenvalue weighted by molar-refractivity contribution is 0.0650. The zero-order valence-corrected chi connectivity index (χ0v) is 20.4. The molecule has 31 heavy (non-hydrogen) atoms. The van der Waals surface area contributed by atoms with E-state index in [-0.39, 0.29) is 0 Å². The summed E-state index contributed by atoms with van der Waals surface area (Å²) in [6, 6.07) is 0. The quantitative estimate of drug-likeness (QED) is 0.428. The van der Waals surface area contributed by atoms with Gasteiger partial charge < -0.3 is 15.3 Å². The smallest absolute Gasteiger partial charge is 0.0811 e. The van der Waals surface area contributed by atoms with Crippen LogP contribution in [-0.4, -0.2) is 33.1 Å². The molecule has 0 aromatic carbocycles. The Morgan fingerprint density at radius 2 is 1.94 bits per heavy atom. The van der Waals surface area contributed by atoms with E-state index in [1.807, 2.05) is 13.8 Å². The summed E-state index contributed by atoms with van der Waals surface area (Å²) in [7, 11) is 0. The summed E-state index contributed by atoms with van der Waals surface area (Å²) in [6.45, 7) is 12.9. The molecule has 3 rings (SSSR count). The van der Waals surface area contributed by atoms with Gasteiger partial charge in [0.25, 0.3) is 0 Å². The van der Waals surface area contributed by atoms with Crippen molar-refractivity contribution >= 4 is 0 Å². The lowest BCUT2D eigenvalue weighted by Gasteiger charge is -2.44. The van der Waals surface area contributed by atoms with E-state index in [9.17, 15) is 15.3 Å². The van der Waals surface area contributed by atoms with E-state index >= 15 is 0 Å². The Labute approximate surface area is 190 Å². The molecule has 0 spiro atoms. The summed E-state index contributed by atoms with van der Waals surface area (Å²) in [4.78, 5) is 0. The van der Waals surface area contributed by atoms with Crippen LogP contribution >= 0.6 is 0 Å². The number of hydrogen-bond donors (Lipinski definition) is 3. The third-order valence-electron chi connectivity index (χ3n) is 8.69. The summed E-state index contributed by atoms with van der Waals surface area (Å²) in [5, 5.41) is 30.2. The Bertz CT molecular complexity index is 698. The summed E-state index contributed by atoms with van der Waals surface area (Å²) >= 11 is 0. The Hall–Kier alpha value is -0.900. The predicted octanol–water partition coefficient (Wildman–Crippen LogP) is 6.09. The number of hydrogen-bond acceptors (Lipinski definition) is 3. The summed E-state index contributed by atoms with van der Waals surface area (Å²) in [6.07, 6.45) is 15.2. The van der Waals surface area contributed by atoms with E-state index in [0.717, 1.165) is 35.8 Å². The highest BCUT2D eigenvalue weighted by atomic mass is 16.3. The number of allylic oxidation sites excluding steroid dienone is 3. The van der Waals surface area contributed by atoms with E-state index in [2.05, 4.69) is 32.6 Å². The van der Waals surface area contributed by atoms with Gasteiger partial charge in [-0.1, -0.05) is 57.4 Å². The van der Waals surface area contributed by atoms with Gasteiger partial charge in [0.05, 0.1) is 17.8 Å². The number of aliphatic hydroxyl groups excluding tert-OH is 2. The van der Waals surface area contributed by atoms with Crippen molar-refractivity contribution in [2.75, 3.05) is 0 Å². The van der Waals surface area contributed by atoms with Crippen molar-refractivity contribution in [3.05, 3.63) is 35.5 Å². The average molecular weight is 431 g/mol. The fourth-order valence-corrected chi connectivity index (χ4v) is 6.90. The van der Waals surface area contributed by atoms with Crippen molar-refractivity contribution in [3.8, 4) is 0 Å². The van der Waals surface area contributed by atoms with Gasteiger partial charge in [-0.3, -0.25) is 0 Å². The standard InChI is InChI=1S/C28H46O3/c1-19(9-6-7-15-27(3,4)31)24-13-14-25-21(10-8-16-28(24,25)5)11-12-22-17-23(29)18-26(30)20(22)2/h11-12,19,23-26,29-31H,2,6-10,13-18H2,1,3-5H3/b21-11+,22-12+/t19-,23-,24-,25+,26+,28-/m1/s1. The molecule has 0 unspecified atom stereocenters. The molecule has 3 saturated carbocycles. The Morgan fingerprint density at radius 3 is 2.65 bits per heavy atom. The molecule has 0 amide bonds. The van der Waals surface area contributed by atoms with Crippen LogP contribution in [0.1, 0.15) is 98.3 Å². The van der Waals surface area contributed by atoms with Crippen LogP contribution in [-0.2, 0) is 0 Å². The second-order valence-electron chi connectivity index (χ2n) is 11.7. The monoisotopic (exact) mass is 430 g/mol. The maximum atomic E-state index is 10.1. The zero-order chi connectivity index (χ0) is 22.8. The lowest BCUT2D eigenvalue weighted by atomic mass is 9.60. The molecule has 0 bridgehead atoms. The van der Waals surface area contributed by atoms with Crippen LogP contribution < -0.4 is 0 Å². The summed E-state index contributed by atoms with van der Waals surface area (Å²) in [5.74, 6) is 2.18. The normalized spacial score (nSPS) is 38.0. The molecule has 3 nitrogen and oxygen atoms in total. The molecule has 3 heteroatoms. The van der Waals surface area contributed by atoms with Crippen LogP contribution in [0, 0.1) is 23.2 Å². The van der Waals surface area contributed by atoms with Gasteiger partial charge in [-0.25, -0.2) is 0 Å². The molecule has 0 aliphatic heterocycles. The minimum Gasteiger partial charge on any atom is -0.393 e. The van der Waals surface area contributed by atoms with Crippen LogP contribution in [0.3, 0.4) is 0 Å². The highest BCUT2D eigenvalue weighted by Crippen LogP contribution is 2.60. The van der Waals surface area contributed by atoms with Crippen LogP contribution in [0.4, 0.5) is 0 Å². The Balaban J connectivity index is 1.66. The second kappa shape index (κ2) is 9.93. The molecule has 0 aromatic rings. The first-order valence-electron chi connectivity index (χ1n) is 12.7. The SMILES string of the molecule is C=C1/C(=C/C=C2\CCC[C@]3(C)[C@@H]([C@H](C)CCCCC(C)(C)O)CC[C@@H]23)C[C@@H](O)C[C@@H]1O. The van der Waals surface area contributed by atoms with E-state index in [1.54, 1.807) is 5.57 Å². The molecule has 176 valence electrons. The second-order valence-corrected chi connectivity index (χ2v) is 11.7. The molecular formula is C28H46O3. The molecule has 0 saturated heterocycles. The van der Waals surface area contributed by atoms with E-state index in [4.69, 9.17) is 0 Å². The van der Waals surface area contributed by atoms with Crippen molar-refractivity contribution in [1.82, 2.24) is 0 Å². The number of aliphatic hydroxyl groups is 3. The van der Waals surface area contributed by atoms with Gasteiger partial charge in [0.15, 0.2) is 0 Å².